The number of ether oxygens (including phenoxy) is 2. The zero-order valence-electron chi connectivity index (χ0n) is 18.0. The first kappa shape index (κ1) is 26.4. The number of rotatable bonds is 9. The van der Waals surface area contributed by atoms with E-state index in [2.05, 4.69) is 24.4 Å². The van der Waals surface area contributed by atoms with Crippen molar-refractivity contribution in [2.75, 3.05) is 32.8 Å². The molecule has 1 rings (SSSR count). The third-order valence-corrected chi connectivity index (χ3v) is 3.45. The SMILES string of the molecule is CCOC(=O)CNC(=O)N(CC(C)C)CC(O)C(=O)OCC.Cc1ccccc1. The zero-order valence-corrected chi connectivity index (χ0v) is 18.0. The molecular formula is C21H34N2O6. The molecule has 0 spiro atoms. The molecule has 0 aliphatic heterocycles. The molecule has 0 aromatic heterocycles. The average molecular weight is 411 g/mol. The first-order valence-electron chi connectivity index (χ1n) is 9.75. The molecule has 1 aromatic rings. The van der Waals surface area contributed by atoms with Crippen molar-refractivity contribution >= 4 is 18.0 Å². The van der Waals surface area contributed by atoms with Gasteiger partial charge in [-0.05, 0) is 26.7 Å². The van der Waals surface area contributed by atoms with Crippen molar-refractivity contribution in [3.63, 3.8) is 0 Å². The van der Waals surface area contributed by atoms with Gasteiger partial charge in [0.25, 0.3) is 0 Å². The van der Waals surface area contributed by atoms with Crippen LogP contribution < -0.4 is 5.32 Å². The molecule has 2 amide bonds. The molecule has 8 heteroatoms. The van der Waals surface area contributed by atoms with Crippen LogP contribution in [0.5, 0.6) is 0 Å². The number of hydrogen-bond donors (Lipinski definition) is 2. The molecule has 0 bridgehead atoms. The Balaban J connectivity index is 0.000000929. The second-order valence-corrected chi connectivity index (χ2v) is 6.69. The van der Waals surface area contributed by atoms with Crippen LogP contribution in [0.15, 0.2) is 30.3 Å². The van der Waals surface area contributed by atoms with Crippen LogP contribution in [-0.4, -0.2) is 66.9 Å². The molecule has 8 nitrogen and oxygen atoms in total. The summed E-state index contributed by atoms with van der Waals surface area (Å²) >= 11 is 0. The number of hydrogen-bond acceptors (Lipinski definition) is 6. The Kier molecular flexibility index (Phi) is 13.9. The van der Waals surface area contributed by atoms with Crippen molar-refractivity contribution in [3.05, 3.63) is 35.9 Å². The van der Waals surface area contributed by atoms with Gasteiger partial charge >= 0.3 is 18.0 Å². The van der Waals surface area contributed by atoms with Crippen LogP contribution >= 0.6 is 0 Å². The lowest BCUT2D eigenvalue weighted by Crippen LogP contribution is -2.48. The standard InChI is InChI=1S/C14H26N2O6.C7H8/c1-5-21-12(18)7-15-14(20)16(8-10(3)4)9-11(17)13(19)22-6-2;1-7-5-3-2-4-6-7/h10-11,17H,5-9H2,1-4H3,(H,15,20);2-6H,1H3. The number of nitrogens with zero attached hydrogens (tertiary/aromatic N) is 1. The summed E-state index contributed by atoms with van der Waals surface area (Å²) in [6.07, 6.45) is -1.42. The molecule has 1 atom stereocenters. The topological polar surface area (TPSA) is 105 Å². The maximum atomic E-state index is 12.0. The summed E-state index contributed by atoms with van der Waals surface area (Å²) in [6, 6.07) is 9.71. The number of urea groups is 1. The van der Waals surface area contributed by atoms with E-state index in [4.69, 9.17) is 9.47 Å². The number of esters is 2. The van der Waals surface area contributed by atoms with Crippen LogP contribution in [0, 0.1) is 12.8 Å². The molecule has 29 heavy (non-hydrogen) atoms. The van der Waals surface area contributed by atoms with Gasteiger partial charge in [-0.1, -0.05) is 49.7 Å². The monoisotopic (exact) mass is 410 g/mol. The van der Waals surface area contributed by atoms with Gasteiger partial charge in [-0.2, -0.15) is 0 Å². The fourth-order valence-electron chi connectivity index (χ4n) is 2.21. The number of aliphatic hydroxyl groups is 1. The van der Waals surface area contributed by atoms with Gasteiger partial charge in [0, 0.05) is 6.54 Å². The third-order valence-electron chi connectivity index (χ3n) is 3.45. The van der Waals surface area contributed by atoms with Gasteiger partial charge in [0.05, 0.1) is 19.8 Å². The molecule has 1 aromatic carbocycles. The Bertz CT molecular complexity index is 606. The molecule has 164 valence electrons. The number of aliphatic hydroxyl groups excluding tert-OH is 1. The quantitative estimate of drug-likeness (QED) is 0.604. The Morgan fingerprint density at radius 3 is 2.07 bits per heavy atom. The smallest absolute Gasteiger partial charge is 0.336 e. The number of nitrogens with one attached hydrogen (secondary N) is 1. The lowest BCUT2D eigenvalue weighted by atomic mass is 10.2. The molecule has 0 aliphatic carbocycles. The van der Waals surface area contributed by atoms with Crippen LogP contribution in [0.4, 0.5) is 4.79 Å². The highest BCUT2D eigenvalue weighted by Gasteiger charge is 2.24. The van der Waals surface area contributed by atoms with Crippen LogP contribution in [0.2, 0.25) is 0 Å². The molecule has 1 unspecified atom stereocenters. The molecular weight excluding hydrogens is 376 g/mol. The van der Waals surface area contributed by atoms with E-state index < -0.39 is 24.1 Å². The predicted molar refractivity (Wildman–Crippen MR) is 110 cm³/mol. The summed E-state index contributed by atoms with van der Waals surface area (Å²) in [7, 11) is 0. The Morgan fingerprint density at radius 1 is 1.03 bits per heavy atom. The fourth-order valence-corrected chi connectivity index (χ4v) is 2.21. The maximum Gasteiger partial charge on any atom is 0.336 e. The van der Waals surface area contributed by atoms with Gasteiger partial charge in [-0.25, -0.2) is 9.59 Å². The van der Waals surface area contributed by atoms with Crippen molar-refractivity contribution in [2.24, 2.45) is 5.92 Å². The number of carbonyl (C=O) groups is 3. The van der Waals surface area contributed by atoms with Crippen LogP contribution in [0.25, 0.3) is 0 Å². The molecule has 0 radical (unpaired) electrons. The Hall–Kier alpha value is -2.61. The normalized spacial score (nSPS) is 11.0. The fraction of sp³-hybridized carbons (Fsp3) is 0.571. The molecule has 0 saturated carbocycles. The van der Waals surface area contributed by atoms with Crippen molar-refractivity contribution < 1.29 is 29.0 Å². The van der Waals surface area contributed by atoms with Gasteiger partial charge in [0.2, 0.25) is 0 Å². The number of amides is 2. The first-order chi connectivity index (χ1) is 13.7. The molecule has 0 aliphatic rings. The van der Waals surface area contributed by atoms with Crippen molar-refractivity contribution in [2.45, 2.75) is 40.7 Å². The van der Waals surface area contributed by atoms with E-state index in [1.54, 1.807) is 13.8 Å². The minimum atomic E-state index is -1.42. The Morgan fingerprint density at radius 2 is 1.62 bits per heavy atom. The van der Waals surface area contributed by atoms with E-state index in [0.717, 1.165) is 0 Å². The van der Waals surface area contributed by atoms with E-state index in [1.807, 2.05) is 32.0 Å². The predicted octanol–water partition coefficient (Wildman–Crippen LogP) is 2.14. The van der Waals surface area contributed by atoms with Crippen LogP contribution in [0.3, 0.4) is 0 Å². The van der Waals surface area contributed by atoms with Crippen LogP contribution in [-0.2, 0) is 19.1 Å². The average Bonchev–Trinajstić information content (AvgIpc) is 2.66. The molecule has 0 saturated heterocycles. The van der Waals surface area contributed by atoms with Gasteiger partial charge in [-0.15, -0.1) is 0 Å². The van der Waals surface area contributed by atoms with Crippen LogP contribution in [0.1, 0.15) is 33.3 Å². The lowest BCUT2D eigenvalue weighted by Gasteiger charge is -2.26. The minimum Gasteiger partial charge on any atom is -0.465 e. The van der Waals surface area contributed by atoms with E-state index in [-0.39, 0.29) is 32.2 Å². The van der Waals surface area contributed by atoms with E-state index >= 15 is 0 Å². The highest BCUT2D eigenvalue weighted by atomic mass is 16.5. The van der Waals surface area contributed by atoms with Gasteiger partial charge in [-0.3, -0.25) is 4.79 Å². The highest BCUT2D eigenvalue weighted by Crippen LogP contribution is 2.02. The van der Waals surface area contributed by atoms with E-state index in [0.29, 0.717) is 6.54 Å². The lowest BCUT2D eigenvalue weighted by molar-refractivity contribution is -0.153. The zero-order chi connectivity index (χ0) is 22.2. The summed E-state index contributed by atoms with van der Waals surface area (Å²) in [6.45, 7) is 9.39. The van der Waals surface area contributed by atoms with E-state index in [1.165, 1.54) is 10.5 Å². The van der Waals surface area contributed by atoms with Crippen molar-refractivity contribution in [1.29, 1.82) is 0 Å². The van der Waals surface area contributed by atoms with Crippen molar-refractivity contribution in [1.82, 2.24) is 10.2 Å². The molecule has 2 N–H and O–H groups in total. The summed E-state index contributed by atoms with van der Waals surface area (Å²) in [4.78, 5) is 36.0. The minimum absolute atomic E-state index is 0.128. The van der Waals surface area contributed by atoms with Gasteiger partial charge < -0.3 is 24.8 Å². The van der Waals surface area contributed by atoms with Crippen molar-refractivity contribution in [3.8, 4) is 0 Å². The number of benzene rings is 1. The summed E-state index contributed by atoms with van der Waals surface area (Å²) in [5.74, 6) is -1.21. The van der Waals surface area contributed by atoms with E-state index in [9.17, 15) is 19.5 Å². The third kappa shape index (κ3) is 13.2. The van der Waals surface area contributed by atoms with Gasteiger partial charge in [0.1, 0.15) is 6.54 Å². The largest absolute Gasteiger partial charge is 0.465 e. The first-order valence-corrected chi connectivity index (χ1v) is 9.75. The second kappa shape index (κ2) is 15.3. The highest BCUT2D eigenvalue weighted by molar-refractivity contribution is 5.81. The summed E-state index contributed by atoms with van der Waals surface area (Å²) in [5.41, 5.74) is 1.32. The summed E-state index contributed by atoms with van der Waals surface area (Å²) in [5, 5.41) is 12.2. The second-order valence-electron chi connectivity index (χ2n) is 6.69. The molecule has 0 heterocycles. The molecule has 0 fully saturated rings. The maximum absolute atomic E-state index is 12.0. The summed E-state index contributed by atoms with van der Waals surface area (Å²) < 4.78 is 9.41. The van der Waals surface area contributed by atoms with Gasteiger partial charge in [0.15, 0.2) is 6.10 Å². The number of carbonyl (C=O) groups excluding carboxylic acids is 3. The Labute approximate surface area is 173 Å². The number of aryl methyl sites for hydroxylation is 1.